The van der Waals surface area contributed by atoms with Crippen LogP contribution in [-0.2, 0) is 9.53 Å². The third-order valence-electron chi connectivity index (χ3n) is 2.80. The van der Waals surface area contributed by atoms with Crippen LogP contribution in [0.3, 0.4) is 0 Å². The number of halogens is 4. The lowest BCUT2D eigenvalue weighted by molar-refractivity contribution is -0.141. The average molecular weight is 351 g/mol. The maximum atomic E-state index is 12.7. The minimum Gasteiger partial charge on any atom is -0.467 e. The van der Waals surface area contributed by atoms with Crippen LogP contribution in [0.25, 0.3) is 0 Å². The molecule has 4 nitrogen and oxygen atoms in total. The summed E-state index contributed by atoms with van der Waals surface area (Å²) in [5, 5.41) is 4.56. The molecule has 0 saturated heterocycles. The zero-order valence-electron chi connectivity index (χ0n) is 10.3. The monoisotopic (exact) mass is 350 g/mol. The molecule has 0 saturated carbocycles. The van der Waals surface area contributed by atoms with Gasteiger partial charge in [-0.25, -0.2) is 4.79 Å². The van der Waals surface area contributed by atoms with Gasteiger partial charge in [0.2, 0.25) is 0 Å². The summed E-state index contributed by atoms with van der Waals surface area (Å²) in [6.45, 7) is 0. The topological polar surface area (TPSA) is 41.9 Å². The van der Waals surface area contributed by atoms with E-state index in [9.17, 15) is 18.0 Å². The van der Waals surface area contributed by atoms with Crippen molar-refractivity contribution in [1.29, 1.82) is 0 Å². The Balaban J connectivity index is 2.36. The van der Waals surface area contributed by atoms with Crippen LogP contribution < -0.4 is 5.01 Å². The Labute approximate surface area is 121 Å². The fraction of sp³-hybridized carbons (Fsp3) is 0.333. The molecule has 0 bridgehead atoms. The molecule has 1 unspecified atom stereocenters. The van der Waals surface area contributed by atoms with E-state index < -0.39 is 30.3 Å². The van der Waals surface area contributed by atoms with Gasteiger partial charge in [-0.15, -0.1) is 0 Å². The van der Waals surface area contributed by atoms with Gasteiger partial charge in [0.15, 0.2) is 6.04 Å². The van der Waals surface area contributed by atoms with Gasteiger partial charge in [-0.2, -0.15) is 18.3 Å². The highest BCUT2D eigenvalue weighted by Crippen LogP contribution is 2.32. The molecule has 1 atom stereocenters. The molecular formula is C12H10BrF3N2O2. The van der Waals surface area contributed by atoms with Crippen LogP contribution in [0.2, 0.25) is 0 Å². The van der Waals surface area contributed by atoms with Gasteiger partial charge < -0.3 is 4.74 Å². The number of anilines is 1. The summed E-state index contributed by atoms with van der Waals surface area (Å²) in [6, 6.07) is 5.36. The number of carbonyl (C=O) groups excluding carboxylic acids is 1. The zero-order chi connectivity index (χ0) is 14.9. The van der Waals surface area contributed by atoms with Crippen molar-refractivity contribution >= 4 is 33.3 Å². The van der Waals surface area contributed by atoms with Crippen LogP contribution in [0.1, 0.15) is 6.42 Å². The molecule has 2 rings (SSSR count). The fourth-order valence-corrected chi connectivity index (χ4v) is 2.10. The first kappa shape index (κ1) is 14.8. The summed E-state index contributed by atoms with van der Waals surface area (Å²) < 4.78 is 43.5. The molecule has 20 heavy (non-hydrogen) atoms. The van der Waals surface area contributed by atoms with Crippen LogP contribution >= 0.6 is 15.9 Å². The van der Waals surface area contributed by atoms with Crippen molar-refractivity contribution in [1.82, 2.24) is 0 Å². The smallest absolute Gasteiger partial charge is 0.431 e. The van der Waals surface area contributed by atoms with E-state index in [1.807, 2.05) is 0 Å². The second kappa shape index (κ2) is 5.43. The third kappa shape index (κ3) is 2.95. The van der Waals surface area contributed by atoms with Crippen LogP contribution in [-0.4, -0.2) is 31.0 Å². The van der Waals surface area contributed by atoms with Crippen LogP contribution in [0, 0.1) is 0 Å². The average Bonchev–Trinajstić information content (AvgIpc) is 2.83. The molecule has 0 amide bonds. The molecule has 0 aromatic heterocycles. The first-order valence-corrected chi connectivity index (χ1v) is 6.39. The number of hydrogen-bond donors (Lipinski definition) is 0. The number of carbonyl (C=O) groups is 1. The summed E-state index contributed by atoms with van der Waals surface area (Å²) in [5.74, 6) is -0.754. The van der Waals surface area contributed by atoms with E-state index in [1.165, 1.54) is 0 Å². The highest BCUT2D eigenvalue weighted by Gasteiger charge is 2.45. The maximum absolute atomic E-state index is 12.7. The van der Waals surface area contributed by atoms with E-state index in [4.69, 9.17) is 0 Å². The Morgan fingerprint density at radius 1 is 1.40 bits per heavy atom. The number of methoxy groups -OCH3 is 1. The van der Waals surface area contributed by atoms with E-state index in [0.29, 0.717) is 5.69 Å². The summed E-state index contributed by atoms with van der Waals surface area (Å²) in [4.78, 5) is 11.6. The van der Waals surface area contributed by atoms with Gasteiger partial charge in [0, 0.05) is 10.9 Å². The Kier molecular flexibility index (Phi) is 4.03. The fourth-order valence-electron chi connectivity index (χ4n) is 1.83. The molecular weight excluding hydrogens is 341 g/mol. The van der Waals surface area contributed by atoms with Crippen LogP contribution in [0.15, 0.2) is 33.8 Å². The van der Waals surface area contributed by atoms with E-state index in [2.05, 4.69) is 25.8 Å². The lowest BCUT2D eigenvalue weighted by atomic mass is 10.1. The van der Waals surface area contributed by atoms with Crippen molar-refractivity contribution in [3.05, 3.63) is 28.7 Å². The number of hydrogen-bond acceptors (Lipinski definition) is 4. The first-order chi connectivity index (χ1) is 9.32. The van der Waals surface area contributed by atoms with Crippen molar-refractivity contribution in [2.75, 3.05) is 12.1 Å². The normalized spacial score (nSPS) is 18.9. The van der Waals surface area contributed by atoms with E-state index in [1.54, 1.807) is 24.3 Å². The number of rotatable bonds is 2. The summed E-state index contributed by atoms with van der Waals surface area (Å²) in [6.07, 6.45) is -5.08. The first-order valence-electron chi connectivity index (χ1n) is 5.60. The second-order valence-corrected chi connectivity index (χ2v) is 5.02. The molecule has 1 aromatic rings. The standard InChI is InChI=1S/C12H10BrF3N2O2/c1-20-11(19)9-6-10(12(14,15)16)17-18(9)8-4-2-7(13)3-5-8/h2-5,9H,6H2,1H3. The number of alkyl halides is 3. The molecule has 0 fully saturated rings. The number of benzene rings is 1. The van der Waals surface area contributed by atoms with Gasteiger partial charge in [-0.3, -0.25) is 5.01 Å². The van der Waals surface area contributed by atoms with Crippen molar-refractivity contribution in [2.45, 2.75) is 18.6 Å². The molecule has 1 aliphatic rings. The molecule has 0 aliphatic carbocycles. The van der Waals surface area contributed by atoms with Crippen molar-refractivity contribution in [3.8, 4) is 0 Å². The number of ether oxygens (including phenoxy) is 1. The van der Waals surface area contributed by atoms with Gasteiger partial charge in [0.1, 0.15) is 5.71 Å². The minimum absolute atomic E-state index is 0.392. The van der Waals surface area contributed by atoms with Gasteiger partial charge in [0.25, 0.3) is 0 Å². The SMILES string of the molecule is COC(=O)C1CC(C(F)(F)F)=NN1c1ccc(Br)cc1. The van der Waals surface area contributed by atoms with Crippen LogP contribution in [0.5, 0.6) is 0 Å². The number of esters is 1. The summed E-state index contributed by atoms with van der Waals surface area (Å²) >= 11 is 3.23. The lowest BCUT2D eigenvalue weighted by Crippen LogP contribution is -2.35. The maximum Gasteiger partial charge on any atom is 0.431 e. The molecule has 1 aliphatic heterocycles. The van der Waals surface area contributed by atoms with Gasteiger partial charge in [0.05, 0.1) is 12.8 Å². The Bertz CT molecular complexity index is 543. The highest BCUT2D eigenvalue weighted by molar-refractivity contribution is 9.10. The minimum atomic E-state index is -4.56. The van der Waals surface area contributed by atoms with E-state index in [0.717, 1.165) is 16.6 Å². The predicted octanol–water partition coefficient (Wildman–Crippen LogP) is 3.12. The third-order valence-corrected chi connectivity index (χ3v) is 3.33. The number of hydrazone groups is 1. The molecule has 0 radical (unpaired) electrons. The quantitative estimate of drug-likeness (QED) is 0.769. The molecule has 1 aromatic carbocycles. The lowest BCUT2D eigenvalue weighted by Gasteiger charge is -2.21. The second-order valence-electron chi connectivity index (χ2n) is 4.11. The largest absolute Gasteiger partial charge is 0.467 e. The molecule has 0 spiro atoms. The Morgan fingerprint density at radius 3 is 2.50 bits per heavy atom. The van der Waals surface area contributed by atoms with E-state index >= 15 is 0 Å². The Morgan fingerprint density at radius 2 is 2.00 bits per heavy atom. The van der Waals surface area contributed by atoms with Crippen LogP contribution in [0.4, 0.5) is 18.9 Å². The molecule has 0 N–H and O–H groups in total. The van der Waals surface area contributed by atoms with Gasteiger partial charge >= 0.3 is 12.1 Å². The molecule has 8 heteroatoms. The van der Waals surface area contributed by atoms with Crippen molar-refractivity contribution in [2.24, 2.45) is 5.10 Å². The van der Waals surface area contributed by atoms with Gasteiger partial charge in [-0.1, -0.05) is 15.9 Å². The summed E-state index contributed by atoms with van der Waals surface area (Å²) in [7, 11) is 1.13. The zero-order valence-corrected chi connectivity index (χ0v) is 11.9. The summed E-state index contributed by atoms with van der Waals surface area (Å²) in [5.41, 5.74) is -0.598. The predicted molar refractivity (Wildman–Crippen MR) is 70.5 cm³/mol. The molecule has 108 valence electrons. The van der Waals surface area contributed by atoms with Gasteiger partial charge in [-0.05, 0) is 24.3 Å². The van der Waals surface area contributed by atoms with Crippen molar-refractivity contribution < 1.29 is 22.7 Å². The highest BCUT2D eigenvalue weighted by atomic mass is 79.9. The van der Waals surface area contributed by atoms with E-state index in [-0.39, 0.29) is 0 Å². The van der Waals surface area contributed by atoms with Crippen molar-refractivity contribution in [3.63, 3.8) is 0 Å². The Hall–Kier alpha value is -1.57. The number of nitrogens with zero attached hydrogens (tertiary/aromatic N) is 2. The molecule has 1 heterocycles.